The van der Waals surface area contributed by atoms with E-state index in [4.69, 9.17) is 4.74 Å². The number of hydrogen-bond donors (Lipinski definition) is 1. The zero-order chi connectivity index (χ0) is 16.8. The molecule has 1 saturated heterocycles. The molecule has 1 aliphatic heterocycles. The molecular weight excluding hydrogens is 447 g/mol. The van der Waals surface area contributed by atoms with Crippen molar-refractivity contribution in [1.82, 2.24) is 15.2 Å². The lowest BCUT2D eigenvalue weighted by Gasteiger charge is -2.34. The molecule has 1 aliphatic carbocycles. The second kappa shape index (κ2) is 10.7. The van der Waals surface area contributed by atoms with Gasteiger partial charge < -0.3 is 15.0 Å². The Morgan fingerprint density at radius 3 is 2.64 bits per heavy atom. The lowest BCUT2D eigenvalue weighted by molar-refractivity contribution is 0.00101. The van der Waals surface area contributed by atoms with Crippen LogP contribution in [0.5, 0.6) is 0 Å². The summed E-state index contributed by atoms with van der Waals surface area (Å²) >= 11 is 1.74. The van der Waals surface area contributed by atoms with Crippen molar-refractivity contribution in [3.05, 3.63) is 16.1 Å². The monoisotopic (exact) mass is 478 g/mol. The fraction of sp³-hybridized carbons (Fsp3) is 0.778. The Bertz CT molecular complexity index is 537. The zero-order valence-corrected chi connectivity index (χ0v) is 18.5. The normalized spacial score (nSPS) is 19.9. The second-order valence-corrected chi connectivity index (χ2v) is 8.25. The van der Waals surface area contributed by atoms with Crippen molar-refractivity contribution in [3.8, 4) is 0 Å². The molecular formula is C18H31IN4OS. The minimum Gasteiger partial charge on any atom is -0.378 e. The molecule has 0 amide bonds. The van der Waals surface area contributed by atoms with E-state index < -0.39 is 0 Å². The van der Waals surface area contributed by atoms with Crippen LogP contribution < -0.4 is 5.32 Å². The van der Waals surface area contributed by atoms with E-state index in [1.54, 1.807) is 11.3 Å². The Morgan fingerprint density at radius 2 is 2.04 bits per heavy atom. The molecule has 0 aromatic carbocycles. The van der Waals surface area contributed by atoms with Crippen molar-refractivity contribution >= 4 is 41.3 Å². The molecule has 2 fully saturated rings. The first-order valence-corrected chi connectivity index (χ1v) is 10.0. The average molecular weight is 478 g/mol. The summed E-state index contributed by atoms with van der Waals surface area (Å²) in [5, 5.41) is 4.56. The molecule has 0 radical (unpaired) electrons. The number of piperidine rings is 1. The van der Waals surface area contributed by atoms with E-state index in [1.165, 1.54) is 30.6 Å². The number of nitrogens with zero attached hydrogens (tertiary/aromatic N) is 3. The number of nitrogens with one attached hydrogen (secondary N) is 1. The summed E-state index contributed by atoms with van der Waals surface area (Å²) in [6.07, 6.45) is 10.1. The Kier molecular flexibility index (Phi) is 8.92. The zero-order valence-electron chi connectivity index (χ0n) is 15.4. The molecule has 1 saturated carbocycles. The third-order valence-corrected chi connectivity index (χ3v) is 5.98. The SMILES string of the molecule is CN=C(NCc1ncc(C)s1)N1CCC(OCC2CCCC2)CC1.I. The standard InChI is InChI=1S/C18H30N4OS.HI/c1-14-11-20-17(24-14)12-21-18(19-2)22-9-7-16(8-10-22)23-13-15-5-3-4-6-15;/h11,15-16H,3-10,12-13H2,1-2H3,(H,19,21);1H. The predicted molar refractivity (Wildman–Crippen MR) is 115 cm³/mol. The molecule has 25 heavy (non-hydrogen) atoms. The van der Waals surface area contributed by atoms with E-state index >= 15 is 0 Å². The van der Waals surface area contributed by atoms with Crippen LogP contribution in [0, 0.1) is 12.8 Å². The fourth-order valence-electron chi connectivity index (χ4n) is 3.65. The summed E-state index contributed by atoms with van der Waals surface area (Å²) in [5.74, 6) is 1.80. The van der Waals surface area contributed by atoms with Crippen LogP contribution in [0.2, 0.25) is 0 Å². The van der Waals surface area contributed by atoms with Crippen molar-refractivity contribution in [2.24, 2.45) is 10.9 Å². The molecule has 0 spiro atoms. The average Bonchev–Trinajstić information content (AvgIpc) is 3.26. The van der Waals surface area contributed by atoms with Crippen LogP contribution in [0.4, 0.5) is 0 Å². The highest BCUT2D eigenvalue weighted by Crippen LogP contribution is 2.26. The van der Waals surface area contributed by atoms with Gasteiger partial charge in [-0.2, -0.15) is 0 Å². The number of aryl methyl sites for hydroxylation is 1. The quantitative estimate of drug-likeness (QED) is 0.397. The smallest absolute Gasteiger partial charge is 0.193 e. The first-order chi connectivity index (χ1) is 11.7. The number of halogens is 1. The van der Waals surface area contributed by atoms with Crippen LogP contribution >= 0.6 is 35.3 Å². The molecule has 5 nitrogen and oxygen atoms in total. The minimum atomic E-state index is 0. The molecule has 1 aromatic rings. The van der Waals surface area contributed by atoms with E-state index in [2.05, 4.69) is 27.1 Å². The summed E-state index contributed by atoms with van der Waals surface area (Å²) in [4.78, 5) is 12.4. The number of aromatic nitrogens is 1. The van der Waals surface area contributed by atoms with Crippen LogP contribution in [0.1, 0.15) is 48.4 Å². The van der Waals surface area contributed by atoms with E-state index in [9.17, 15) is 0 Å². The molecule has 3 rings (SSSR count). The van der Waals surface area contributed by atoms with Crippen molar-refractivity contribution in [2.45, 2.75) is 58.1 Å². The third-order valence-electron chi connectivity index (χ3n) is 5.06. The maximum Gasteiger partial charge on any atom is 0.193 e. The van der Waals surface area contributed by atoms with Gasteiger partial charge in [-0.25, -0.2) is 4.98 Å². The first-order valence-electron chi connectivity index (χ1n) is 9.23. The Morgan fingerprint density at radius 1 is 1.32 bits per heavy atom. The van der Waals surface area contributed by atoms with Gasteiger partial charge in [0.25, 0.3) is 0 Å². The van der Waals surface area contributed by atoms with Gasteiger partial charge in [0.15, 0.2) is 5.96 Å². The van der Waals surface area contributed by atoms with Crippen LogP contribution in [0.3, 0.4) is 0 Å². The first kappa shape index (κ1) is 20.9. The van der Waals surface area contributed by atoms with Crippen LogP contribution in [-0.2, 0) is 11.3 Å². The fourth-order valence-corrected chi connectivity index (χ4v) is 4.38. The summed E-state index contributed by atoms with van der Waals surface area (Å²) in [6.45, 7) is 5.86. The van der Waals surface area contributed by atoms with E-state index in [1.807, 2.05) is 13.2 Å². The van der Waals surface area contributed by atoms with Gasteiger partial charge in [0.1, 0.15) is 5.01 Å². The summed E-state index contributed by atoms with van der Waals surface area (Å²) in [7, 11) is 1.86. The molecule has 2 heterocycles. The van der Waals surface area contributed by atoms with E-state index in [-0.39, 0.29) is 24.0 Å². The number of guanidine groups is 1. The Balaban J connectivity index is 0.00000225. The summed E-state index contributed by atoms with van der Waals surface area (Å²) in [6, 6.07) is 0. The Hall–Kier alpha value is -0.410. The van der Waals surface area contributed by atoms with Crippen molar-refractivity contribution in [3.63, 3.8) is 0 Å². The number of hydrogen-bond acceptors (Lipinski definition) is 4. The van der Waals surface area contributed by atoms with Gasteiger partial charge in [-0.1, -0.05) is 12.8 Å². The molecule has 0 unspecified atom stereocenters. The van der Waals surface area contributed by atoms with Crippen LogP contribution in [-0.4, -0.2) is 48.7 Å². The highest BCUT2D eigenvalue weighted by molar-refractivity contribution is 14.0. The van der Waals surface area contributed by atoms with Crippen LogP contribution in [0.15, 0.2) is 11.2 Å². The highest BCUT2D eigenvalue weighted by atomic mass is 127. The molecule has 1 aromatic heterocycles. The van der Waals surface area contributed by atoms with Gasteiger partial charge in [-0.15, -0.1) is 35.3 Å². The number of ether oxygens (including phenoxy) is 1. The molecule has 142 valence electrons. The molecule has 0 atom stereocenters. The van der Waals surface area contributed by atoms with Crippen molar-refractivity contribution < 1.29 is 4.74 Å². The van der Waals surface area contributed by atoms with Gasteiger partial charge in [0, 0.05) is 37.8 Å². The van der Waals surface area contributed by atoms with Crippen molar-refractivity contribution in [1.29, 1.82) is 0 Å². The largest absolute Gasteiger partial charge is 0.378 e. The molecule has 2 aliphatic rings. The van der Waals surface area contributed by atoms with Gasteiger partial charge in [-0.05, 0) is 38.5 Å². The maximum atomic E-state index is 6.17. The summed E-state index contributed by atoms with van der Waals surface area (Å²) < 4.78 is 6.17. The lowest BCUT2D eigenvalue weighted by atomic mass is 10.1. The third kappa shape index (κ3) is 6.36. The van der Waals surface area contributed by atoms with E-state index in [0.717, 1.165) is 56.0 Å². The van der Waals surface area contributed by atoms with E-state index in [0.29, 0.717) is 6.10 Å². The topological polar surface area (TPSA) is 49.8 Å². The number of aliphatic imine (C=N–C) groups is 1. The number of rotatable bonds is 5. The van der Waals surface area contributed by atoms with Gasteiger partial charge >= 0.3 is 0 Å². The lowest BCUT2D eigenvalue weighted by Crippen LogP contribution is -2.46. The minimum absolute atomic E-state index is 0. The second-order valence-electron chi connectivity index (χ2n) is 6.94. The number of thiazole rings is 1. The molecule has 1 N–H and O–H groups in total. The molecule has 0 bridgehead atoms. The van der Waals surface area contributed by atoms with Crippen molar-refractivity contribution in [2.75, 3.05) is 26.7 Å². The number of likely N-dealkylation sites (tertiary alicyclic amines) is 1. The Labute approximate surface area is 172 Å². The predicted octanol–water partition coefficient (Wildman–Crippen LogP) is 3.82. The maximum absolute atomic E-state index is 6.17. The molecule has 7 heteroatoms. The van der Waals surface area contributed by atoms with Crippen LogP contribution in [0.25, 0.3) is 0 Å². The van der Waals surface area contributed by atoms with Gasteiger partial charge in [0.2, 0.25) is 0 Å². The summed E-state index contributed by atoms with van der Waals surface area (Å²) in [5.41, 5.74) is 0. The van der Waals surface area contributed by atoms with Gasteiger partial charge in [0.05, 0.1) is 12.6 Å². The van der Waals surface area contributed by atoms with Gasteiger partial charge in [-0.3, -0.25) is 4.99 Å². The highest BCUT2D eigenvalue weighted by Gasteiger charge is 2.23.